The molecule has 2 amide bonds. The molecule has 0 atom stereocenters. The van der Waals surface area contributed by atoms with Gasteiger partial charge in [0.1, 0.15) is 0 Å². The zero-order chi connectivity index (χ0) is 17.8. The zero-order valence-corrected chi connectivity index (χ0v) is 15.6. The second-order valence-corrected chi connectivity index (χ2v) is 7.97. The Morgan fingerprint density at radius 2 is 2.00 bits per heavy atom. The van der Waals surface area contributed by atoms with Crippen molar-refractivity contribution < 1.29 is 9.21 Å². The number of thioether (sulfide) groups is 1. The minimum absolute atomic E-state index is 0.0210. The Hall–Kier alpha value is -1.99. The maximum atomic E-state index is 12.6. The summed E-state index contributed by atoms with van der Waals surface area (Å²) in [5, 5.41) is 3.02. The molecule has 1 aromatic carbocycles. The lowest BCUT2D eigenvalue weighted by atomic mass is 10.0. The van der Waals surface area contributed by atoms with E-state index in [1.54, 1.807) is 6.20 Å². The molecule has 3 heterocycles. The number of hydrogen-bond acceptors (Lipinski definition) is 5. The number of amides is 2. The van der Waals surface area contributed by atoms with Gasteiger partial charge in [0.15, 0.2) is 12.2 Å². The average molecular weight is 372 g/mol. The number of nitrogens with one attached hydrogen (secondary N) is 1. The molecule has 1 N–H and O–H groups in total. The lowest BCUT2D eigenvalue weighted by Crippen LogP contribution is -2.49. The Bertz CT molecular complexity index is 723. The van der Waals surface area contributed by atoms with Crippen LogP contribution in [0.2, 0.25) is 0 Å². The highest BCUT2D eigenvalue weighted by Crippen LogP contribution is 2.24. The molecular weight excluding hydrogens is 348 g/mol. The second-order valence-electron chi connectivity index (χ2n) is 6.74. The summed E-state index contributed by atoms with van der Waals surface area (Å²) >= 11 is 2.04. The third-order valence-electron chi connectivity index (χ3n) is 5.14. The van der Waals surface area contributed by atoms with Crippen LogP contribution in [0.15, 0.2) is 41.3 Å². The first kappa shape index (κ1) is 17.4. The van der Waals surface area contributed by atoms with Crippen LogP contribution < -0.4 is 5.32 Å². The first-order valence-electron chi connectivity index (χ1n) is 9.16. The molecule has 2 aliphatic rings. The lowest BCUT2D eigenvalue weighted by molar-refractivity contribution is 0.130. The van der Waals surface area contributed by atoms with Gasteiger partial charge in [0, 0.05) is 55.0 Å². The molecule has 2 aliphatic heterocycles. The number of carbonyl (C=O) groups excluding carboxylic acids is 1. The van der Waals surface area contributed by atoms with Crippen molar-refractivity contribution in [3.8, 4) is 11.3 Å². The Balaban J connectivity index is 1.32. The summed E-state index contributed by atoms with van der Waals surface area (Å²) in [5.41, 5.74) is 1.68. The summed E-state index contributed by atoms with van der Waals surface area (Å²) in [7, 11) is 0. The summed E-state index contributed by atoms with van der Waals surface area (Å²) in [5.74, 6) is 3.17. The van der Waals surface area contributed by atoms with Crippen molar-refractivity contribution in [1.82, 2.24) is 14.8 Å². The number of anilines is 1. The van der Waals surface area contributed by atoms with Crippen LogP contribution in [0.4, 0.5) is 10.5 Å². The van der Waals surface area contributed by atoms with Crippen molar-refractivity contribution in [2.45, 2.75) is 18.9 Å². The molecule has 0 unspecified atom stereocenters. The van der Waals surface area contributed by atoms with E-state index in [9.17, 15) is 4.79 Å². The first-order valence-corrected chi connectivity index (χ1v) is 10.3. The molecule has 2 fully saturated rings. The van der Waals surface area contributed by atoms with Crippen molar-refractivity contribution in [1.29, 1.82) is 0 Å². The predicted molar refractivity (Wildman–Crippen MR) is 104 cm³/mol. The van der Waals surface area contributed by atoms with E-state index in [4.69, 9.17) is 4.42 Å². The predicted octanol–water partition coefficient (Wildman–Crippen LogP) is 3.39. The van der Waals surface area contributed by atoms with Crippen molar-refractivity contribution in [3.63, 3.8) is 0 Å². The molecule has 6 nitrogen and oxygen atoms in total. The SMILES string of the molecule is O=C(Nc1cccc(-c2cnco2)c1)N1CCC(N2CCSCC2)CC1. The number of oxazole rings is 1. The summed E-state index contributed by atoms with van der Waals surface area (Å²) in [6.45, 7) is 4.02. The van der Waals surface area contributed by atoms with Crippen molar-refractivity contribution in [2.75, 3.05) is 43.0 Å². The van der Waals surface area contributed by atoms with Crippen LogP contribution in [0.3, 0.4) is 0 Å². The standard InChI is InChI=1S/C19H24N4O2S/c24-19(21-16-3-1-2-15(12-16)18-13-20-14-25-18)23-6-4-17(5-7-23)22-8-10-26-11-9-22/h1-3,12-14,17H,4-11H2,(H,21,24). The van der Waals surface area contributed by atoms with E-state index in [0.717, 1.165) is 37.2 Å². The quantitative estimate of drug-likeness (QED) is 0.895. The van der Waals surface area contributed by atoms with Gasteiger partial charge in [0.25, 0.3) is 0 Å². The number of carbonyl (C=O) groups is 1. The third-order valence-corrected chi connectivity index (χ3v) is 6.09. The van der Waals surface area contributed by atoms with Gasteiger partial charge in [0.2, 0.25) is 0 Å². The van der Waals surface area contributed by atoms with Crippen LogP contribution in [-0.2, 0) is 0 Å². The van der Waals surface area contributed by atoms with Gasteiger partial charge in [-0.1, -0.05) is 12.1 Å². The number of hydrogen-bond donors (Lipinski definition) is 1. The van der Waals surface area contributed by atoms with E-state index in [1.165, 1.54) is 31.0 Å². The molecule has 7 heteroatoms. The van der Waals surface area contributed by atoms with E-state index >= 15 is 0 Å². The van der Waals surface area contributed by atoms with E-state index < -0.39 is 0 Å². The topological polar surface area (TPSA) is 61.6 Å². The maximum Gasteiger partial charge on any atom is 0.321 e. The molecule has 2 aromatic rings. The fourth-order valence-electron chi connectivity index (χ4n) is 3.69. The molecule has 4 rings (SSSR count). The Morgan fingerprint density at radius 3 is 2.73 bits per heavy atom. The van der Waals surface area contributed by atoms with Crippen LogP contribution in [-0.4, -0.2) is 64.5 Å². The van der Waals surface area contributed by atoms with Gasteiger partial charge >= 0.3 is 6.03 Å². The summed E-state index contributed by atoms with van der Waals surface area (Å²) in [6, 6.07) is 8.28. The van der Waals surface area contributed by atoms with Gasteiger partial charge in [-0.15, -0.1) is 0 Å². The van der Waals surface area contributed by atoms with Gasteiger partial charge < -0.3 is 14.6 Å². The number of urea groups is 1. The van der Waals surface area contributed by atoms with E-state index in [-0.39, 0.29) is 6.03 Å². The average Bonchev–Trinajstić information content (AvgIpc) is 3.24. The van der Waals surface area contributed by atoms with Crippen molar-refractivity contribution in [2.24, 2.45) is 0 Å². The number of aromatic nitrogens is 1. The number of nitrogens with zero attached hydrogens (tertiary/aromatic N) is 3. The van der Waals surface area contributed by atoms with E-state index in [1.807, 2.05) is 40.9 Å². The highest BCUT2D eigenvalue weighted by molar-refractivity contribution is 7.99. The molecule has 26 heavy (non-hydrogen) atoms. The third kappa shape index (κ3) is 4.04. The van der Waals surface area contributed by atoms with Crippen molar-refractivity contribution in [3.05, 3.63) is 36.9 Å². The molecule has 0 bridgehead atoms. The fourth-order valence-corrected chi connectivity index (χ4v) is 4.62. The number of benzene rings is 1. The van der Waals surface area contributed by atoms with Crippen LogP contribution in [0, 0.1) is 0 Å². The van der Waals surface area contributed by atoms with Crippen LogP contribution >= 0.6 is 11.8 Å². The molecule has 0 aliphatic carbocycles. The normalized spacial score (nSPS) is 19.5. The van der Waals surface area contributed by atoms with Gasteiger partial charge in [-0.05, 0) is 25.0 Å². The molecule has 0 spiro atoms. The van der Waals surface area contributed by atoms with Crippen LogP contribution in [0.5, 0.6) is 0 Å². The van der Waals surface area contributed by atoms with Gasteiger partial charge in [-0.2, -0.15) is 11.8 Å². The van der Waals surface area contributed by atoms with E-state index in [2.05, 4.69) is 15.2 Å². The largest absolute Gasteiger partial charge is 0.444 e. The van der Waals surface area contributed by atoms with Gasteiger partial charge in [-0.3, -0.25) is 4.90 Å². The summed E-state index contributed by atoms with van der Waals surface area (Å²) in [4.78, 5) is 21.1. The Morgan fingerprint density at radius 1 is 1.19 bits per heavy atom. The monoisotopic (exact) mass is 372 g/mol. The van der Waals surface area contributed by atoms with Crippen molar-refractivity contribution >= 4 is 23.5 Å². The zero-order valence-electron chi connectivity index (χ0n) is 14.8. The Kier molecular flexibility index (Phi) is 5.45. The molecule has 0 saturated carbocycles. The minimum Gasteiger partial charge on any atom is -0.444 e. The molecule has 138 valence electrons. The molecular formula is C19H24N4O2S. The molecule has 2 saturated heterocycles. The lowest BCUT2D eigenvalue weighted by Gasteiger charge is -2.40. The molecule has 1 aromatic heterocycles. The first-order chi connectivity index (χ1) is 12.8. The number of likely N-dealkylation sites (tertiary alicyclic amines) is 1. The highest BCUT2D eigenvalue weighted by Gasteiger charge is 2.27. The maximum absolute atomic E-state index is 12.6. The van der Waals surface area contributed by atoms with E-state index in [0.29, 0.717) is 11.8 Å². The van der Waals surface area contributed by atoms with Crippen LogP contribution in [0.25, 0.3) is 11.3 Å². The van der Waals surface area contributed by atoms with Gasteiger partial charge in [0.05, 0.1) is 6.20 Å². The second kappa shape index (κ2) is 8.14. The van der Waals surface area contributed by atoms with Crippen LogP contribution in [0.1, 0.15) is 12.8 Å². The fraction of sp³-hybridized carbons (Fsp3) is 0.474. The smallest absolute Gasteiger partial charge is 0.321 e. The minimum atomic E-state index is -0.0210. The summed E-state index contributed by atoms with van der Waals surface area (Å²) < 4.78 is 5.32. The Labute approximate surface area is 157 Å². The molecule has 0 radical (unpaired) electrons. The summed E-state index contributed by atoms with van der Waals surface area (Å²) in [6.07, 6.45) is 5.21. The number of piperidine rings is 1. The number of rotatable bonds is 3. The highest BCUT2D eigenvalue weighted by atomic mass is 32.2. The van der Waals surface area contributed by atoms with Gasteiger partial charge in [-0.25, -0.2) is 9.78 Å².